The van der Waals surface area contributed by atoms with Gasteiger partial charge in [0.15, 0.2) is 0 Å². The summed E-state index contributed by atoms with van der Waals surface area (Å²) in [7, 11) is -4.42. The molecular formula is C12H10ClIO4. The Kier molecular flexibility index (Phi) is 4.55. The van der Waals surface area contributed by atoms with Crippen molar-refractivity contribution < 1.29 is 26.8 Å². The molecule has 0 saturated carbocycles. The Morgan fingerprint density at radius 1 is 0.722 bits per heavy atom. The van der Waals surface area contributed by atoms with Crippen molar-refractivity contribution >= 4 is 20.2 Å². The molecule has 0 aliphatic carbocycles. The Morgan fingerprint density at radius 2 is 1.11 bits per heavy atom. The number of rotatable bonds is 4. The summed E-state index contributed by atoms with van der Waals surface area (Å²) in [5, 5.41) is 0. The molecule has 2 aromatic carbocycles. The minimum atomic E-state index is -4.42. The summed E-state index contributed by atoms with van der Waals surface area (Å²) in [6, 6.07) is 17.9. The fraction of sp³-hybridized carbons (Fsp3) is 0. The predicted molar refractivity (Wildman–Crippen MR) is 65.4 cm³/mol. The number of halogens is 2. The molecule has 0 amide bonds. The van der Waals surface area contributed by atoms with Crippen molar-refractivity contribution in [2.45, 2.75) is 0 Å². The van der Waals surface area contributed by atoms with Crippen LogP contribution in [0.15, 0.2) is 60.7 Å². The molecule has 2 rings (SSSR count). The van der Waals surface area contributed by atoms with Gasteiger partial charge in [-0.25, -0.2) is 0 Å². The topological polar surface area (TPSA) is 78.4 Å². The molecule has 2 aromatic rings. The van der Waals surface area contributed by atoms with Crippen molar-refractivity contribution in [3.05, 3.63) is 67.8 Å². The molecule has 0 aliphatic heterocycles. The molecule has 0 saturated heterocycles. The minimum absolute atomic E-state index is 0.764. The van der Waals surface area contributed by atoms with E-state index in [-0.39, 0.29) is 0 Å². The SMILES string of the molecule is [O-][Cl+3]([O-])([O-])OI(c1ccccc1)c1ccccc1. The van der Waals surface area contributed by atoms with Crippen LogP contribution in [0, 0.1) is 17.4 Å². The van der Waals surface area contributed by atoms with Gasteiger partial charge < -0.3 is 0 Å². The third-order valence-electron chi connectivity index (χ3n) is 1.99. The summed E-state index contributed by atoms with van der Waals surface area (Å²) in [6.07, 6.45) is 0. The van der Waals surface area contributed by atoms with Crippen molar-refractivity contribution in [1.29, 1.82) is 0 Å². The molecule has 0 N–H and O–H groups in total. The van der Waals surface area contributed by atoms with Gasteiger partial charge in [0.2, 0.25) is 0 Å². The molecule has 0 spiro atoms. The van der Waals surface area contributed by atoms with Crippen LogP contribution in [0.4, 0.5) is 0 Å². The molecular weight excluding hydrogens is 370 g/mol. The molecule has 4 nitrogen and oxygen atoms in total. The van der Waals surface area contributed by atoms with E-state index in [1.54, 1.807) is 48.5 Å². The molecule has 0 bridgehead atoms. The zero-order chi connectivity index (χ0) is 13.0. The second-order valence-corrected chi connectivity index (χ2v) is 9.06. The molecule has 18 heavy (non-hydrogen) atoms. The van der Waals surface area contributed by atoms with E-state index in [0.29, 0.717) is 0 Å². The number of benzene rings is 2. The van der Waals surface area contributed by atoms with Crippen LogP contribution in [0.25, 0.3) is 0 Å². The van der Waals surface area contributed by atoms with Crippen LogP contribution in [0.2, 0.25) is 0 Å². The first-order chi connectivity index (χ1) is 8.56. The van der Waals surface area contributed by atoms with Crippen LogP contribution < -0.4 is 14.0 Å². The van der Waals surface area contributed by atoms with Crippen molar-refractivity contribution in [3.8, 4) is 0 Å². The molecule has 6 heteroatoms. The zero-order valence-corrected chi connectivity index (χ0v) is 12.1. The maximum atomic E-state index is 10.8. The average Bonchev–Trinajstić information content (AvgIpc) is 2.37. The van der Waals surface area contributed by atoms with E-state index >= 15 is 0 Å². The summed E-state index contributed by atoms with van der Waals surface area (Å²) in [6.45, 7) is 0. The van der Waals surface area contributed by atoms with Crippen molar-refractivity contribution in [2.24, 2.45) is 0 Å². The van der Waals surface area contributed by atoms with E-state index in [1.807, 2.05) is 12.1 Å². The van der Waals surface area contributed by atoms with E-state index in [0.717, 1.165) is 7.14 Å². The van der Waals surface area contributed by atoms with Crippen LogP contribution in [-0.4, -0.2) is 0 Å². The summed E-state index contributed by atoms with van der Waals surface area (Å²) < 4.78 is 38.7. The standard InChI is InChI=1S/C12H10ClIO4/c15-13(16,17)18-14(11-7-3-1-4-8-11)12-9-5-2-6-10-12/h1-10H. The summed E-state index contributed by atoms with van der Waals surface area (Å²) in [5.74, 6) is 0. The Balaban J connectivity index is 2.36. The Morgan fingerprint density at radius 3 is 1.44 bits per heavy atom. The van der Waals surface area contributed by atoms with Gasteiger partial charge in [-0.1, -0.05) is 0 Å². The number of hydrogen-bond acceptors (Lipinski definition) is 4. The van der Waals surface area contributed by atoms with Crippen molar-refractivity contribution in [3.63, 3.8) is 0 Å². The van der Waals surface area contributed by atoms with Gasteiger partial charge in [-0.15, -0.1) is 0 Å². The van der Waals surface area contributed by atoms with Gasteiger partial charge in [0, 0.05) is 0 Å². The van der Waals surface area contributed by atoms with Gasteiger partial charge in [0.1, 0.15) is 0 Å². The average molecular weight is 381 g/mol. The second kappa shape index (κ2) is 5.96. The second-order valence-electron chi connectivity index (χ2n) is 3.28. The predicted octanol–water partition coefficient (Wildman–Crippen LogP) is 0.0613. The zero-order valence-electron chi connectivity index (χ0n) is 9.16. The summed E-state index contributed by atoms with van der Waals surface area (Å²) >= 11 is -2.69. The third-order valence-corrected chi connectivity index (χ3v) is 8.17. The first kappa shape index (κ1) is 13.7. The molecule has 0 heterocycles. The van der Waals surface area contributed by atoms with Gasteiger partial charge >= 0.3 is 115 Å². The van der Waals surface area contributed by atoms with Gasteiger partial charge in [-0.2, -0.15) is 0 Å². The van der Waals surface area contributed by atoms with Gasteiger partial charge in [-0.3, -0.25) is 0 Å². The normalized spacial score (nSPS) is 12.3. The van der Waals surface area contributed by atoms with Gasteiger partial charge in [0.05, 0.1) is 0 Å². The van der Waals surface area contributed by atoms with E-state index in [9.17, 15) is 14.0 Å². The van der Waals surface area contributed by atoms with Crippen LogP contribution in [0.3, 0.4) is 0 Å². The Labute approximate surface area is 115 Å². The van der Waals surface area contributed by atoms with Crippen molar-refractivity contribution in [2.75, 3.05) is 0 Å². The first-order valence-electron chi connectivity index (χ1n) is 4.97. The van der Waals surface area contributed by atoms with Gasteiger partial charge in [0.25, 0.3) is 0 Å². The molecule has 0 fully saturated rings. The molecule has 0 aliphatic rings. The van der Waals surface area contributed by atoms with E-state index in [4.69, 9.17) is 2.62 Å². The Hall–Kier alpha value is -0.700. The number of hydrogen-bond donors (Lipinski definition) is 0. The van der Waals surface area contributed by atoms with Crippen LogP contribution in [0.1, 0.15) is 0 Å². The van der Waals surface area contributed by atoms with E-state index in [1.165, 1.54) is 0 Å². The van der Waals surface area contributed by atoms with E-state index in [2.05, 4.69) is 0 Å². The summed E-state index contributed by atoms with van der Waals surface area (Å²) in [4.78, 5) is 0. The molecule has 96 valence electrons. The maximum absolute atomic E-state index is 10.8. The molecule has 0 atom stereocenters. The fourth-order valence-electron chi connectivity index (χ4n) is 1.32. The summed E-state index contributed by atoms with van der Waals surface area (Å²) in [5.41, 5.74) is 0. The monoisotopic (exact) mass is 380 g/mol. The van der Waals surface area contributed by atoms with Gasteiger partial charge in [-0.05, 0) is 0 Å². The molecule has 0 radical (unpaired) electrons. The Bertz CT molecular complexity index is 447. The van der Waals surface area contributed by atoms with Crippen LogP contribution in [0.5, 0.6) is 0 Å². The quantitative estimate of drug-likeness (QED) is 0.703. The van der Waals surface area contributed by atoms with Crippen LogP contribution >= 0.6 is 20.2 Å². The first-order valence-corrected chi connectivity index (χ1v) is 9.24. The fourth-order valence-corrected chi connectivity index (χ4v) is 6.83. The van der Waals surface area contributed by atoms with Crippen molar-refractivity contribution in [1.82, 2.24) is 0 Å². The van der Waals surface area contributed by atoms with Crippen LogP contribution in [-0.2, 0) is 2.62 Å². The van der Waals surface area contributed by atoms with E-state index < -0.39 is 30.5 Å². The molecule has 0 unspecified atom stereocenters. The third kappa shape index (κ3) is 3.91. The molecule has 0 aromatic heterocycles.